The van der Waals surface area contributed by atoms with Crippen molar-refractivity contribution < 1.29 is 9.47 Å². The molecule has 31 heavy (non-hydrogen) atoms. The highest BCUT2D eigenvalue weighted by atomic mass is 16.5. The second kappa shape index (κ2) is 8.37. The largest absolute Gasteiger partial charge is 0.497 e. The Labute approximate surface area is 184 Å². The number of nitrogens with one attached hydrogen (secondary N) is 1. The van der Waals surface area contributed by atoms with Crippen LogP contribution in [0.15, 0.2) is 66.7 Å². The Morgan fingerprint density at radius 2 is 1.52 bits per heavy atom. The monoisotopic (exact) mass is 414 g/mol. The fraction of sp³-hybridized carbons (Fsp3) is 0.333. The van der Waals surface area contributed by atoms with Gasteiger partial charge in [-0.05, 0) is 41.3 Å². The summed E-state index contributed by atoms with van der Waals surface area (Å²) in [6.45, 7) is 5.12. The lowest BCUT2D eigenvalue weighted by Gasteiger charge is -2.59. The second-order valence-corrected chi connectivity index (χ2v) is 8.70. The molecule has 1 unspecified atom stereocenters. The lowest BCUT2D eigenvalue weighted by Crippen LogP contribution is -2.72. The molecule has 2 heterocycles. The first-order valence-corrected chi connectivity index (χ1v) is 11.0. The summed E-state index contributed by atoms with van der Waals surface area (Å²) >= 11 is 0. The van der Waals surface area contributed by atoms with Crippen LogP contribution in [0, 0.1) is 6.92 Å². The molecular formula is C27H30N2O2. The van der Waals surface area contributed by atoms with Crippen LogP contribution in [0.2, 0.25) is 0 Å². The number of hydrogen-bond donors (Lipinski definition) is 1. The summed E-state index contributed by atoms with van der Waals surface area (Å²) in [5.41, 5.74) is 6.56. The molecule has 0 saturated carbocycles. The van der Waals surface area contributed by atoms with Crippen molar-refractivity contribution in [2.24, 2.45) is 0 Å². The quantitative estimate of drug-likeness (QED) is 0.638. The molecule has 1 N–H and O–H groups in total. The summed E-state index contributed by atoms with van der Waals surface area (Å²) in [4.78, 5) is 2.63. The van der Waals surface area contributed by atoms with Gasteiger partial charge in [-0.25, -0.2) is 0 Å². The van der Waals surface area contributed by atoms with E-state index in [0.29, 0.717) is 18.0 Å². The van der Waals surface area contributed by atoms with Crippen molar-refractivity contribution in [1.82, 2.24) is 10.2 Å². The summed E-state index contributed by atoms with van der Waals surface area (Å²) in [7, 11) is 3.41. The number of fused-ring (bicyclic) bond motifs is 2. The van der Waals surface area contributed by atoms with E-state index in [1.165, 1.54) is 27.8 Å². The molecule has 2 saturated heterocycles. The predicted molar refractivity (Wildman–Crippen MR) is 125 cm³/mol. The van der Waals surface area contributed by atoms with E-state index in [9.17, 15) is 0 Å². The van der Waals surface area contributed by atoms with Gasteiger partial charge >= 0.3 is 0 Å². The minimum atomic E-state index is 0.515. The number of aryl methyl sites for hydroxylation is 1. The van der Waals surface area contributed by atoms with Gasteiger partial charge in [0.1, 0.15) is 11.5 Å². The van der Waals surface area contributed by atoms with Crippen LogP contribution in [0.5, 0.6) is 11.5 Å². The number of piperidine rings is 1. The van der Waals surface area contributed by atoms with Crippen LogP contribution >= 0.6 is 0 Å². The van der Waals surface area contributed by atoms with Gasteiger partial charge in [0.25, 0.3) is 0 Å². The second-order valence-electron chi connectivity index (χ2n) is 8.70. The smallest absolute Gasteiger partial charge is 0.122 e. The van der Waals surface area contributed by atoms with E-state index >= 15 is 0 Å². The number of nitrogens with zero attached hydrogens (tertiary/aromatic N) is 1. The molecule has 2 aliphatic rings. The van der Waals surface area contributed by atoms with Crippen LogP contribution in [0.1, 0.15) is 22.6 Å². The van der Waals surface area contributed by atoms with E-state index < -0.39 is 0 Å². The Morgan fingerprint density at radius 1 is 0.839 bits per heavy atom. The van der Waals surface area contributed by atoms with Crippen molar-refractivity contribution in [1.29, 1.82) is 0 Å². The minimum absolute atomic E-state index is 0.515. The first-order valence-electron chi connectivity index (χ1n) is 11.0. The van der Waals surface area contributed by atoms with E-state index in [0.717, 1.165) is 31.1 Å². The van der Waals surface area contributed by atoms with Crippen molar-refractivity contribution in [2.45, 2.75) is 31.5 Å². The van der Waals surface area contributed by atoms with Crippen LogP contribution in [0.4, 0.5) is 0 Å². The zero-order valence-electron chi connectivity index (χ0n) is 18.5. The van der Waals surface area contributed by atoms with Gasteiger partial charge < -0.3 is 14.8 Å². The molecule has 2 aliphatic heterocycles. The molecule has 2 fully saturated rings. The van der Waals surface area contributed by atoms with Gasteiger partial charge in [-0.15, -0.1) is 0 Å². The first-order chi connectivity index (χ1) is 15.2. The standard InChI is InChI=1S/C27H30N2O2/c1-18-5-4-6-22(11-18)20-7-9-21(10-8-20)27-25-15-28-16-26(27)29(25)17-19-12-23(30-2)14-24(13-19)31-3/h4-14,25-28H,15-17H2,1-3H3/t25-,26+,27?. The van der Waals surface area contributed by atoms with Gasteiger partial charge in [-0.1, -0.05) is 54.1 Å². The number of methoxy groups -OCH3 is 2. The van der Waals surface area contributed by atoms with Crippen LogP contribution in [0.3, 0.4) is 0 Å². The molecule has 2 bridgehead atoms. The highest BCUT2D eigenvalue weighted by Crippen LogP contribution is 2.44. The fourth-order valence-corrected chi connectivity index (χ4v) is 5.25. The summed E-state index contributed by atoms with van der Waals surface area (Å²) in [6, 6.07) is 25.1. The van der Waals surface area contributed by atoms with E-state index in [-0.39, 0.29) is 0 Å². The molecule has 0 aromatic heterocycles. The molecule has 0 amide bonds. The third-order valence-corrected chi connectivity index (χ3v) is 6.81. The number of rotatable bonds is 6. The van der Waals surface area contributed by atoms with E-state index in [4.69, 9.17) is 9.47 Å². The number of ether oxygens (including phenoxy) is 2. The predicted octanol–water partition coefficient (Wildman–Crippen LogP) is 4.62. The van der Waals surface area contributed by atoms with Crippen LogP contribution in [0.25, 0.3) is 11.1 Å². The molecule has 4 nitrogen and oxygen atoms in total. The van der Waals surface area contributed by atoms with E-state index in [1.807, 2.05) is 6.07 Å². The highest BCUT2D eigenvalue weighted by molar-refractivity contribution is 5.64. The summed E-state index contributed by atoms with van der Waals surface area (Å²) < 4.78 is 10.9. The first kappa shape index (κ1) is 20.1. The Hall–Kier alpha value is -2.82. The van der Waals surface area contributed by atoms with Crippen molar-refractivity contribution in [3.8, 4) is 22.6 Å². The van der Waals surface area contributed by atoms with Crippen LogP contribution in [-0.4, -0.2) is 44.3 Å². The summed E-state index contributed by atoms with van der Waals surface area (Å²) in [5.74, 6) is 2.28. The van der Waals surface area contributed by atoms with Gasteiger partial charge in [-0.3, -0.25) is 4.90 Å². The Bertz CT molecular complexity index is 1030. The van der Waals surface area contributed by atoms with Gasteiger partial charge in [0.15, 0.2) is 0 Å². The molecule has 3 aromatic carbocycles. The van der Waals surface area contributed by atoms with Gasteiger partial charge in [0.2, 0.25) is 0 Å². The maximum atomic E-state index is 5.46. The normalized spacial score (nSPS) is 22.6. The maximum Gasteiger partial charge on any atom is 0.122 e. The molecule has 3 aromatic rings. The van der Waals surface area contributed by atoms with Gasteiger partial charge in [0, 0.05) is 43.7 Å². The van der Waals surface area contributed by atoms with Crippen LogP contribution in [-0.2, 0) is 6.54 Å². The molecule has 5 rings (SSSR count). The highest BCUT2D eigenvalue weighted by Gasteiger charge is 2.50. The third kappa shape index (κ3) is 3.82. The molecule has 0 radical (unpaired) electrons. The Kier molecular flexibility index (Phi) is 5.43. The molecule has 0 spiro atoms. The number of hydrogen-bond acceptors (Lipinski definition) is 4. The van der Waals surface area contributed by atoms with E-state index in [1.54, 1.807) is 14.2 Å². The molecule has 3 atom stereocenters. The van der Waals surface area contributed by atoms with Gasteiger partial charge in [-0.2, -0.15) is 0 Å². The zero-order valence-corrected chi connectivity index (χ0v) is 18.5. The van der Waals surface area contributed by atoms with Crippen molar-refractivity contribution in [2.75, 3.05) is 27.3 Å². The Balaban J connectivity index is 1.34. The lowest BCUT2D eigenvalue weighted by molar-refractivity contribution is -0.0484. The SMILES string of the molecule is COc1cc(CN2[C@@H]3CNC[C@H]2C3c2ccc(-c3cccc(C)c3)cc2)cc(OC)c1. The van der Waals surface area contributed by atoms with Gasteiger partial charge in [0.05, 0.1) is 14.2 Å². The minimum Gasteiger partial charge on any atom is -0.497 e. The molecular weight excluding hydrogens is 384 g/mol. The molecule has 160 valence electrons. The Morgan fingerprint density at radius 3 is 2.13 bits per heavy atom. The number of benzene rings is 3. The van der Waals surface area contributed by atoms with Crippen molar-refractivity contribution >= 4 is 0 Å². The van der Waals surface area contributed by atoms with E-state index in [2.05, 4.69) is 77.8 Å². The number of piperazine rings is 1. The molecule has 0 aliphatic carbocycles. The van der Waals surface area contributed by atoms with Crippen molar-refractivity contribution in [3.05, 3.63) is 83.4 Å². The van der Waals surface area contributed by atoms with Crippen molar-refractivity contribution in [3.63, 3.8) is 0 Å². The van der Waals surface area contributed by atoms with Crippen LogP contribution < -0.4 is 14.8 Å². The topological polar surface area (TPSA) is 33.7 Å². The average molecular weight is 415 g/mol. The molecule has 4 heteroatoms. The summed E-state index contributed by atoms with van der Waals surface area (Å²) in [6.07, 6.45) is 0. The summed E-state index contributed by atoms with van der Waals surface area (Å²) in [5, 5.41) is 3.60. The zero-order chi connectivity index (χ0) is 21.4. The average Bonchev–Trinajstić information content (AvgIpc) is 2.82. The third-order valence-electron chi connectivity index (χ3n) is 6.81. The maximum absolute atomic E-state index is 5.46. The lowest BCUT2D eigenvalue weighted by atomic mass is 9.72. The fourth-order valence-electron chi connectivity index (χ4n) is 5.25.